The summed E-state index contributed by atoms with van der Waals surface area (Å²) < 4.78 is 0. The van der Waals surface area contributed by atoms with Crippen molar-refractivity contribution in [3.8, 4) is 11.1 Å². The highest BCUT2D eigenvalue weighted by molar-refractivity contribution is 6.01. The Morgan fingerprint density at radius 2 is 1.41 bits per heavy atom. The molecule has 3 aromatic rings. The first kappa shape index (κ1) is 22.5. The number of rotatable bonds is 2. The lowest BCUT2D eigenvalue weighted by molar-refractivity contribution is 0.589. The maximum Gasteiger partial charge on any atom is 0.0847 e. The Bertz CT molecular complexity index is 1260. The van der Waals surface area contributed by atoms with Crippen molar-refractivity contribution in [2.24, 2.45) is 4.99 Å². The van der Waals surface area contributed by atoms with Crippen LogP contribution in [0.1, 0.15) is 81.8 Å². The van der Waals surface area contributed by atoms with E-state index in [0.717, 1.165) is 17.8 Å². The number of hydrogen-bond acceptors (Lipinski definition) is 2. The van der Waals surface area contributed by atoms with Crippen LogP contribution in [0.5, 0.6) is 0 Å². The van der Waals surface area contributed by atoms with Gasteiger partial charge in [0, 0.05) is 24.7 Å². The molecule has 0 spiro atoms. The van der Waals surface area contributed by atoms with E-state index in [1.807, 2.05) is 30.6 Å². The van der Waals surface area contributed by atoms with E-state index < -0.39 is 0 Å². The molecule has 1 aliphatic heterocycles. The topological polar surface area (TPSA) is 25.2 Å². The Kier molecular flexibility index (Phi) is 5.43. The summed E-state index contributed by atoms with van der Waals surface area (Å²) in [6.45, 7) is 13.8. The van der Waals surface area contributed by atoms with Crippen LogP contribution in [0.2, 0.25) is 0 Å². The van der Waals surface area contributed by atoms with Crippen LogP contribution < -0.4 is 0 Å². The molecule has 34 heavy (non-hydrogen) atoms. The molecule has 2 aromatic carbocycles. The lowest BCUT2D eigenvalue weighted by atomic mass is 9.82. The molecule has 2 nitrogen and oxygen atoms in total. The van der Waals surface area contributed by atoms with Gasteiger partial charge in [-0.15, -0.1) is 0 Å². The molecule has 1 aromatic heterocycles. The first-order valence-corrected chi connectivity index (χ1v) is 12.3. The van der Waals surface area contributed by atoms with Crippen molar-refractivity contribution in [1.29, 1.82) is 0 Å². The zero-order valence-electron chi connectivity index (χ0n) is 21.2. The number of hydrogen-bond donors (Lipinski definition) is 0. The van der Waals surface area contributed by atoms with E-state index in [9.17, 15) is 0 Å². The molecule has 5 rings (SSSR count). The average molecular weight is 447 g/mol. The van der Waals surface area contributed by atoms with Crippen molar-refractivity contribution in [3.63, 3.8) is 0 Å². The van der Waals surface area contributed by atoms with Gasteiger partial charge in [-0.05, 0) is 68.0 Å². The molecular formula is C32H34N2. The predicted octanol–water partition coefficient (Wildman–Crippen LogP) is 8.12. The van der Waals surface area contributed by atoms with Gasteiger partial charge in [-0.25, -0.2) is 0 Å². The van der Waals surface area contributed by atoms with E-state index in [1.165, 1.54) is 39.0 Å². The fraction of sp³-hybridized carbons (Fsp3) is 0.312. The van der Waals surface area contributed by atoms with Gasteiger partial charge in [-0.3, -0.25) is 9.98 Å². The van der Waals surface area contributed by atoms with Crippen molar-refractivity contribution < 1.29 is 0 Å². The van der Waals surface area contributed by atoms with Gasteiger partial charge in [0.15, 0.2) is 0 Å². The third-order valence-electron chi connectivity index (χ3n) is 7.03. The van der Waals surface area contributed by atoms with Crippen molar-refractivity contribution in [2.75, 3.05) is 0 Å². The molecule has 2 aliphatic rings. The van der Waals surface area contributed by atoms with Crippen molar-refractivity contribution in [2.45, 2.75) is 64.7 Å². The largest absolute Gasteiger partial charge is 0.259 e. The maximum atomic E-state index is 4.64. The summed E-state index contributed by atoms with van der Waals surface area (Å²) in [4.78, 5) is 9.16. The summed E-state index contributed by atoms with van der Waals surface area (Å²) in [5.74, 6) is 0.234. The lowest BCUT2D eigenvalue weighted by Crippen LogP contribution is -2.12. The molecule has 1 aliphatic carbocycles. The molecule has 0 atom stereocenters. The SMILES string of the molecule is CC(C)(C)c1ccc2c(c1)C(C=C1C=CN=C(c3ccccn3)C1)c1cc(C(C)(C)C)ccc1-2. The van der Waals surface area contributed by atoms with Gasteiger partial charge in [0.1, 0.15) is 0 Å². The van der Waals surface area contributed by atoms with Crippen LogP contribution in [0.4, 0.5) is 0 Å². The number of fused-ring (bicyclic) bond motifs is 3. The molecule has 0 amide bonds. The minimum absolute atomic E-state index is 0.113. The van der Waals surface area contributed by atoms with Crippen LogP contribution in [0.15, 0.2) is 89.7 Å². The van der Waals surface area contributed by atoms with Gasteiger partial charge in [-0.1, -0.05) is 90.1 Å². The molecule has 2 heterocycles. The predicted molar refractivity (Wildman–Crippen MR) is 144 cm³/mol. The van der Waals surface area contributed by atoms with E-state index in [-0.39, 0.29) is 16.7 Å². The van der Waals surface area contributed by atoms with Crippen LogP contribution in [0.3, 0.4) is 0 Å². The number of pyridine rings is 1. The van der Waals surface area contributed by atoms with Gasteiger partial charge in [-0.2, -0.15) is 0 Å². The third kappa shape index (κ3) is 4.18. The second-order valence-corrected chi connectivity index (χ2v) is 11.6. The number of aliphatic imine (C=N–C) groups is 1. The zero-order chi connectivity index (χ0) is 24.1. The number of aromatic nitrogens is 1. The summed E-state index contributed by atoms with van der Waals surface area (Å²) in [7, 11) is 0. The number of allylic oxidation sites excluding steroid dienone is 3. The van der Waals surface area contributed by atoms with Crippen LogP contribution in [0, 0.1) is 0 Å². The maximum absolute atomic E-state index is 4.64. The fourth-order valence-corrected chi connectivity index (χ4v) is 4.95. The molecule has 0 saturated heterocycles. The first-order valence-electron chi connectivity index (χ1n) is 12.3. The Hall–Kier alpha value is -3.26. The summed E-state index contributed by atoms with van der Waals surface area (Å²) in [5, 5.41) is 0. The second-order valence-electron chi connectivity index (χ2n) is 11.6. The van der Waals surface area contributed by atoms with E-state index in [4.69, 9.17) is 0 Å². The monoisotopic (exact) mass is 446 g/mol. The minimum atomic E-state index is 0.113. The molecule has 2 heteroatoms. The van der Waals surface area contributed by atoms with Crippen LogP contribution in [-0.2, 0) is 10.8 Å². The Balaban J connectivity index is 1.61. The molecule has 0 unspecified atom stereocenters. The zero-order valence-corrected chi connectivity index (χ0v) is 21.2. The average Bonchev–Trinajstić information content (AvgIpc) is 3.11. The normalized spacial score (nSPS) is 17.0. The number of benzene rings is 2. The molecule has 0 radical (unpaired) electrons. The van der Waals surface area contributed by atoms with E-state index in [1.54, 1.807) is 0 Å². The van der Waals surface area contributed by atoms with Gasteiger partial charge < -0.3 is 0 Å². The van der Waals surface area contributed by atoms with E-state index in [2.05, 4.69) is 100 Å². The molecular weight excluding hydrogens is 412 g/mol. The Morgan fingerprint density at radius 3 is 1.94 bits per heavy atom. The highest BCUT2D eigenvalue weighted by atomic mass is 14.8. The van der Waals surface area contributed by atoms with Crippen LogP contribution >= 0.6 is 0 Å². The molecule has 172 valence electrons. The van der Waals surface area contributed by atoms with Crippen molar-refractivity contribution in [3.05, 3.63) is 113 Å². The molecule has 0 bridgehead atoms. The second kappa shape index (κ2) is 8.20. The molecule has 0 fully saturated rings. The number of nitrogens with zero attached hydrogens (tertiary/aromatic N) is 2. The standard InChI is InChI=1S/C32H34N2/c1-31(2,3)22-10-12-24-25-13-11-23(32(4,5)6)20-28(25)26(27(24)19-22)17-21-14-16-34-30(18-21)29-9-7-8-15-33-29/h7-17,19-20,26H,18H2,1-6H3. The summed E-state index contributed by atoms with van der Waals surface area (Å²) >= 11 is 0. The van der Waals surface area contributed by atoms with Gasteiger partial charge in [0.05, 0.1) is 11.4 Å². The third-order valence-corrected chi connectivity index (χ3v) is 7.03. The van der Waals surface area contributed by atoms with E-state index >= 15 is 0 Å². The Morgan fingerprint density at radius 1 is 0.794 bits per heavy atom. The summed E-state index contributed by atoms with van der Waals surface area (Å²) in [5.41, 5.74) is 11.8. The van der Waals surface area contributed by atoms with Crippen LogP contribution in [0.25, 0.3) is 11.1 Å². The quantitative estimate of drug-likeness (QED) is 0.390. The highest BCUT2D eigenvalue weighted by Crippen LogP contribution is 2.48. The summed E-state index contributed by atoms with van der Waals surface area (Å²) in [6, 6.07) is 20.2. The highest BCUT2D eigenvalue weighted by Gasteiger charge is 2.31. The van der Waals surface area contributed by atoms with Crippen molar-refractivity contribution >= 4 is 5.71 Å². The smallest absolute Gasteiger partial charge is 0.0847 e. The summed E-state index contributed by atoms with van der Waals surface area (Å²) in [6.07, 6.45) is 9.17. The Labute approximate surface area is 204 Å². The van der Waals surface area contributed by atoms with Gasteiger partial charge in [0.2, 0.25) is 0 Å². The fourth-order valence-electron chi connectivity index (χ4n) is 4.95. The van der Waals surface area contributed by atoms with Crippen LogP contribution in [-0.4, -0.2) is 10.7 Å². The first-order chi connectivity index (χ1) is 16.1. The van der Waals surface area contributed by atoms with Crippen molar-refractivity contribution in [1.82, 2.24) is 4.98 Å². The van der Waals surface area contributed by atoms with E-state index in [0.29, 0.717) is 0 Å². The minimum Gasteiger partial charge on any atom is -0.259 e. The lowest BCUT2D eigenvalue weighted by Gasteiger charge is -2.22. The molecule has 0 N–H and O–H groups in total. The molecule has 0 saturated carbocycles. The van der Waals surface area contributed by atoms with Gasteiger partial charge >= 0.3 is 0 Å². The van der Waals surface area contributed by atoms with Gasteiger partial charge in [0.25, 0.3) is 0 Å².